The van der Waals surface area contributed by atoms with Crippen molar-refractivity contribution in [2.75, 3.05) is 0 Å². The van der Waals surface area contributed by atoms with Gasteiger partial charge in [0, 0.05) is 11.0 Å². The maximum Gasteiger partial charge on any atom is 0.416 e. The fraction of sp³-hybridized carbons (Fsp3) is 0.176. The summed E-state index contributed by atoms with van der Waals surface area (Å²) in [6.07, 6.45) is -4.15. The van der Waals surface area contributed by atoms with Gasteiger partial charge in [-0.15, -0.1) is 0 Å². The van der Waals surface area contributed by atoms with Crippen molar-refractivity contribution in [2.45, 2.75) is 19.1 Å². The van der Waals surface area contributed by atoms with E-state index < -0.39 is 23.0 Å². The number of fused-ring (bicyclic) bond motifs is 1. The summed E-state index contributed by atoms with van der Waals surface area (Å²) in [6, 6.07) is 10.0. The SMILES string of the molecule is O=c1[nH]c2ccc(C(F)(F)F)cc2c(=O)n1CCc1ccc(Br)cc1. The van der Waals surface area contributed by atoms with Crippen molar-refractivity contribution in [3.8, 4) is 0 Å². The summed E-state index contributed by atoms with van der Waals surface area (Å²) < 4.78 is 40.4. The summed E-state index contributed by atoms with van der Waals surface area (Å²) in [4.78, 5) is 27.0. The van der Waals surface area contributed by atoms with Crippen molar-refractivity contribution in [3.63, 3.8) is 0 Å². The molecule has 0 amide bonds. The van der Waals surface area contributed by atoms with E-state index in [1.54, 1.807) is 0 Å². The number of hydrogen-bond donors (Lipinski definition) is 1. The van der Waals surface area contributed by atoms with Gasteiger partial charge in [-0.2, -0.15) is 13.2 Å². The monoisotopic (exact) mass is 412 g/mol. The van der Waals surface area contributed by atoms with Crippen LogP contribution in [0.4, 0.5) is 13.2 Å². The molecule has 0 atom stereocenters. The molecule has 8 heteroatoms. The van der Waals surface area contributed by atoms with Crippen molar-refractivity contribution in [3.05, 3.63) is 78.9 Å². The van der Waals surface area contributed by atoms with E-state index in [2.05, 4.69) is 20.9 Å². The third-order valence-electron chi connectivity index (χ3n) is 3.85. The zero-order valence-electron chi connectivity index (χ0n) is 12.7. The third-order valence-corrected chi connectivity index (χ3v) is 4.38. The second kappa shape index (κ2) is 6.51. The highest BCUT2D eigenvalue weighted by Gasteiger charge is 2.30. The molecule has 1 aromatic heterocycles. The Morgan fingerprint density at radius 3 is 2.36 bits per heavy atom. The van der Waals surface area contributed by atoms with Crippen LogP contribution in [0.1, 0.15) is 11.1 Å². The number of hydrogen-bond acceptors (Lipinski definition) is 2. The maximum atomic E-state index is 12.8. The summed E-state index contributed by atoms with van der Waals surface area (Å²) in [5, 5.41) is -0.162. The molecule has 0 aliphatic rings. The van der Waals surface area contributed by atoms with Crippen LogP contribution < -0.4 is 11.2 Å². The van der Waals surface area contributed by atoms with Crippen LogP contribution in [0, 0.1) is 0 Å². The largest absolute Gasteiger partial charge is 0.416 e. The van der Waals surface area contributed by atoms with Crippen molar-refractivity contribution in [1.29, 1.82) is 0 Å². The van der Waals surface area contributed by atoms with Gasteiger partial charge in [-0.05, 0) is 42.3 Å². The van der Waals surface area contributed by atoms with Crippen LogP contribution >= 0.6 is 15.9 Å². The molecule has 3 rings (SSSR count). The number of benzene rings is 2. The van der Waals surface area contributed by atoms with Gasteiger partial charge >= 0.3 is 11.9 Å². The van der Waals surface area contributed by atoms with Gasteiger partial charge in [0.15, 0.2) is 0 Å². The van der Waals surface area contributed by atoms with Gasteiger partial charge in [0.25, 0.3) is 5.56 Å². The van der Waals surface area contributed by atoms with E-state index in [1.165, 1.54) is 0 Å². The standard InChI is InChI=1S/C17H12BrF3N2O2/c18-12-4-1-10(2-5-12)7-8-23-15(24)13-9-11(17(19,20)21)3-6-14(13)22-16(23)25/h1-6,9H,7-8H2,(H,22,25). The first kappa shape index (κ1) is 17.5. The van der Waals surface area contributed by atoms with E-state index >= 15 is 0 Å². The van der Waals surface area contributed by atoms with Crippen LogP contribution in [0.3, 0.4) is 0 Å². The Hall–Kier alpha value is -2.35. The van der Waals surface area contributed by atoms with Gasteiger partial charge in [0.1, 0.15) is 0 Å². The fourth-order valence-corrected chi connectivity index (χ4v) is 2.79. The van der Waals surface area contributed by atoms with E-state index in [1.807, 2.05) is 24.3 Å². The maximum absolute atomic E-state index is 12.8. The Kier molecular flexibility index (Phi) is 4.55. The van der Waals surface area contributed by atoms with Crippen LogP contribution in [-0.4, -0.2) is 9.55 Å². The first-order chi connectivity index (χ1) is 11.8. The van der Waals surface area contributed by atoms with Gasteiger partial charge in [-0.25, -0.2) is 4.79 Å². The summed E-state index contributed by atoms with van der Waals surface area (Å²) in [7, 11) is 0. The molecular formula is C17H12BrF3N2O2. The molecular weight excluding hydrogens is 401 g/mol. The number of aromatic nitrogens is 2. The number of rotatable bonds is 3. The smallest absolute Gasteiger partial charge is 0.307 e. The average molecular weight is 413 g/mol. The zero-order valence-corrected chi connectivity index (χ0v) is 14.3. The first-order valence-corrected chi connectivity index (χ1v) is 8.13. The molecule has 0 spiro atoms. The van der Waals surface area contributed by atoms with Crippen LogP contribution in [0.25, 0.3) is 10.9 Å². The van der Waals surface area contributed by atoms with Crippen LogP contribution in [-0.2, 0) is 19.1 Å². The number of nitrogens with one attached hydrogen (secondary N) is 1. The summed E-state index contributed by atoms with van der Waals surface area (Å²) >= 11 is 3.31. The lowest BCUT2D eigenvalue weighted by Crippen LogP contribution is -2.35. The van der Waals surface area contributed by atoms with Crippen LogP contribution in [0.2, 0.25) is 0 Å². The number of aromatic amines is 1. The minimum absolute atomic E-state index is 0.0714. The Balaban J connectivity index is 2.01. The highest BCUT2D eigenvalue weighted by atomic mass is 79.9. The molecule has 0 radical (unpaired) electrons. The number of alkyl halides is 3. The lowest BCUT2D eigenvalue weighted by molar-refractivity contribution is -0.137. The number of halogens is 4. The molecule has 0 unspecified atom stereocenters. The van der Waals surface area contributed by atoms with Gasteiger partial charge in [0.2, 0.25) is 0 Å². The normalized spacial score (nSPS) is 11.8. The predicted octanol–water partition coefficient (Wildman–Crippen LogP) is 3.71. The van der Waals surface area contributed by atoms with Crippen LogP contribution in [0.15, 0.2) is 56.5 Å². The topological polar surface area (TPSA) is 54.9 Å². The molecule has 2 aromatic carbocycles. The Morgan fingerprint density at radius 2 is 1.72 bits per heavy atom. The molecule has 0 bridgehead atoms. The summed E-state index contributed by atoms with van der Waals surface area (Å²) in [5.41, 5.74) is -1.32. The number of aryl methyl sites for hydroxylation is 1. The molecule has 0 aliphatic carbocycles. The molecule has 1 N–H and O–H groups in total. The van der Waals surface area contributed by atoms with Crippen LogP contribution in [0.5, 0.6) is 0 Å². The third kappa shape index (κ3) is 3.68. The Bertz CT molecular complexity index is 1040. The zero-order chi connectivity index (χ0) is 18.2. The lowest BCUT2D eigenvalue weighted by Gasteiger charge is -2.10. The molecule has 0 fully saturated rings. The summed E-state index contributed by atoms with van der Waals surface area (Å²) in [5.74, 6) is 0. The van der Waals surface area contributed by atoms with E-state index in [4.69, 9.17) is 0 Å². The Labute approximate surface area is 148 Å². The Morgan fingerprint density at radius 1 is 1.04 bits per heavy atom. The highest BCUT2D eigenvalue weighted by molar-refractivity contribution is 9.10. The second-order valence-corrected chi connectivity index (χ2v) is 6.44. The van der Waals surface area contributed by atoms with Crippen molar-refractivity contribution in [2.24, 2.45) is 0 Å². The minimum atomic E-state index is -4.56. The van der Waals surface area contributed by atoms with E-state index in [-0.39, 0.29) is 17.4 Å². The molecule has 1 heterocycles. The first-order valence-electron chi connectivity index (χ1n) is 7.34. The van der Waals surface area contributed by atoms with Crippen molar-refractivity contribution >= 4 is 26.8 Å². The van der Waals surface area contributed by atoms with Gasteiger partial charge in [-0.1, -0.05) is 28.1 Å². The molecule has 4 nitrogen and oxygen atoms in total. The minimum Gasteiger partial charge on any atom is -0.307 e. The van der Waals surface area contributed by atoms with E-state index in [0.717, 1.165) is 32.8 Å². The lowest BCUT2D eigenvalue weighted by atomic mass is 10.1. The summed E-state index contributed by atoms with van der Waals surface area (Å²) in [6.45, 7) is 0.0714. The molecule has 0 saturated carbocycles. The quantitative estimate of drug-likeness (QED) is 0.712. The number of nitrogens with zero attached hydrogens (tertiary/aromatic N) is 1. The number of H-pyrrole nitrogens is 1. The second-order valence-electron chi connectivity index (χ2n) is 5.52. The molecule has 3 aromatic rings. The molecule has 25 heavy (non-hydrogen) atoms. The van der Waals surface area contributed by atoms with Gasteiger partial charge in [-0.3, -0.25) is 9.36 Å². The average Bonchev–Trinajstić information content (AvgIpc) is 2.55. The van der Waals surface area contributed by atoms with E-state index in [0.29, 0.717) is 6.42 Å². The van der Waals surface area contributed by atoms with Crippen molar-refractivity contribution < 1.29 is 13.2 Å². The van der Waals surface area contributed by atoms with E-state index in [9.17, 15) is 22.8 Å². The molecule has 0 aliphatic heterocycles. The molecule has 130 valence electrons. The fourth-order valence-electron chi connectivity index (χ4n) is 2.52. The predicted molar refractivity (Wildman–Crippen MR) is 91.7 cm³/mol. The molecule has 0 saturated heterocycles. The van der Waals surface area contributed by atoms with Gasteiger partial charge in [0.05, 0.1) is 16.5 Å². The van der Waals surface area contributed by atoms with Gasteiger partial charge < -0.3 is 4.98 Å². The van der Waals surface area contributed by atoms with Crippen molar-refractivity contribution in [1.82, 2.24) is 9.55 Å². The highest BCUT2D eigenvalue weighted by Crippen LogP contribution is 2.30.